The number of benzene rings is 3. The Balaban J connectivity index is 1.59. The van der Waals surface area contributed by atoms with Crippen molar-refractivity contribution in [3.8, 4) is 11.5 Å². The number of halogens is 2. The van der Waals surface area contributed by atoms with Gasteiger partial charge in [0.2, 0.25) is 5.91 Å². The van der Waals surface area contributed by atoms with E-state index in [1.165, 1.54) is 12.1 Å². The fourth-order valence-electron chi connectivity index (χ4n) is 4.85. The number of rotatable bonds is 6. The lowest BCUT2D eigenvalue weighted by atomic mass is 9.90. The van der Waals surface area contributed by atoms with Gasteiger partial charge in [-0.15, -0.1) is 0 Å². The first-order chi connectivity index (χ1) is 17.8. The first-order valence-corrected chi connectivity index (χ1v) is 13.2. The van der Waals surface area contributed by atoms with Gasteiger partial charge in [0.05, 0.1) is 31.4 Å². The molecule has 0 aliphatic carbocycles. The highest BCUT2D eigenvalue weighted by Gasteiger charge is 2.60. The van der Waals surface area contributed by atoms with Gasteiger partial charge in [0.15, 0.2) is 0 Å². The third-order valence-corrected chi connectivity index (χ3v) is 7.44. The van der Waals surface area contributed by atoms with Crippen molar-refractivity contribution < 1.29 is 23.9 Å². The van der Waals surface area contributed by atoms with Crippen LogP contribution in [0.1, 0.15) is 28.9 Å². The molecule has 1 N–H and O–H groups in total. The van der Waals surface area contributed by atoms with Crippen LogP contribution in [0, 0.1) is 5.92 Å². The van der Waals surface area contributed by atoms with E-state index >= 15 is 0 Å². The molecule has 2 saturated heterocycles. The zero-order chi connectivity index (χ0) is 26.3. The van der Waals surface area contributed by atoms with Crippen LogP contribution in [0.5, 0.6) is 11.5 Å². The summed E-state index contributed by atoms with van der Waals surface area (Å²) in [6, 6.07) is 17.4. The van der Waals surface area contributed by atoms with Crippen molar-refractivity contribution >= 4 is 55.3 Å². The molecule has 2 heterocycles. The molecule has 0 spiro atoms. The maximum absolute atomic E-state index is 13.9. The number of hydrogen-bond acceptors (Lipinski definition) is 6. The summed E-state index contributed by atoms with van der Waals surface area (Å²) in [5.41, 5.74) is 4.62. The van der Waals surface area contributed by atoms with Crippen LogP contribution in [-0.4, -0.2) is 42.5 Å². The summed E-state index contributed by atoms with van der Waals surface area (Å²) in [6.45, 7) is 2.38. The van der Waals surface area contributed by atoms with Crippen molar-refractivity contribution in [1.82, 2.24) is 10.4 Å². The van der Waals surface area contributed by atoms with Crippen LogP contribution in [0.2, 0.25) is 0 Å². The van der Waals surface area contributed by atoms with Crippen molar-refractivity contribution in [3.05, 3.63) is 86.8 Å². The van der Waals surface area contributed by atoms with Crippen molar-refractivity contribution in [3.63, 3.8) is 0 Å². The fourth-order valence-corrected chi connectivity index (χ4v) is 5.63. The van der Waals surface area contributed by atoms with Gasteiger partial charge >= 0.3 is 0 Å². The molecule has 0 saturated carbocycles. The van der Waals surface area contributed by atoms with Crippen LogP contribution in [-0.2, 0) is 9.59 Å². The molecule has 3 amide bonds. The number of fused-ring (bicyclic) bond motifs is 1. The fraction of sp³-hybridized carbons (Fsp3) is 0.222. The maximum Gasteiger partial charge on any atom is 0.268 e. The standard InChI is InChI=1S/C27H23Br2N3O5/c1-3-37-19-10-8-18(9-11-19)31-26(34)22-23(20-14-17(29)7-12-21(20)36-2)30-32(24(22)27(31)35)25(33)15-5-4-6-16(28)13-15/h4-14,22-24,30H,3H2,1-2H3/t22-,23+,24-/m1/s1. The highest BCUT2D eigenvalue weighted by atomic mass is 79.9. The number of hydrogen-bond donors (Lipinski definition) is 1. The smallest absolute Gasteiger partial charge is 0.268 e. The number of imide groups is 1. The van der Waals surface area contributed by atoms with Crippen molar-refractivity contribution in [1.29, 1.82) is 0 Å². The number of methoxy groups -OCH3 is 1. The summed E-state index contributed by atoms with van der Waals surface area (Å²) in [5.74, 6) is -0.984. The first-order valence-electron chi connectivity index (χ1n) is 11.6. The molecule has 0 aromatic heterocycles. The highest BCUT2D eigenvalue weighted by Crippen LogP contribution is 2.45. The predicted octanol–water partition coefficient (Wildman–Crippen LogP) is 4.88. The summed E-state index contributed by atoms with van der Waals surface area (Å²) in [6.07, 6.45) is 0. The SMILES string of the molecule is CCOc1ccc(N2C(=O)[C@@H]3[C@H](c4cc(Br)ccc4OC)NN(C(=O)c4cccc(Br)c4)[C@H]3C2=O)cc1. The van der Waals surface area contributed by atoms with Gasteiger partial charge in [-0.25, -0.2) is 10.3 Å². The molecule has 0 radical (unpaired) electrons. The molecule has 2 aliphatic rings. The van der Waals surface area contributed by atoms with E-state index in [9.17, 15) is 14.4 Å². The summed E-state index contributed by atoms with van der Waals surface area (Å²) in [7, 11) is 1.54. The van der Waals surface area contributed by atoms with E-state index in [-0.39, 0.29) is 0 Å². The highest BCUT2D eigenvalue weighted by molar-refractivity contribution is 9.10. The Labute approximate surface area is 230 Å². The Morgan fingerprint density at radius 1 is 0.973 bits per heavy atom. The molecule has 8 nitrogen and oxygen atoms in total. The lowest BCUT2D eigenvalue weighted by Gasteiger charge is -2.26. The van der Waals surface area contributed by atoms with Gasteiger partial charge in [0.25, 0.3) is 11.8 Å². The predicted molar refractivity (Wildman–Crippen MR) is 144 cm³/mol. The Morgan fingerprint density at radius 3 is 2.38 bits per heavy atom. The molecular weight excluding hydrogens is 606 g/mol. The second-order valence-electron chi connectivity index (χ2n) is 8.59. The second-order valence-corrected chi connectivity index (χ2v) is 10.4. The number of ether oxygens (including phenoxy) is 2. The number of nitrogens with zero attached hydrogens (tertiary/aromatic N) is 2. The van der Waals surface area contributed by atoms with Crippen LogP contribution < -0.4 is 19.8 Å². The molecule has 0 unspecified atom stereocenters. The van der Waals surface area contributed by atoms with Crippen LogP contribution >= 0.6 is 31.9 Å². The monoisotopic (exact) mass is 627 g/mol. The van der Waals surface area contributed by atoms with Gasteiger partial charge in [-0.3, -0.25) is 19.4 Å². The van der Waals surface area contributed by atoms with E-state index in [1.807, 2.05) is 25.1 Å². The molecule has 3 aromatic carbocycles. The molecule has 190 valence electrons. The molecule has 37 heavy (non-hydrogen) atoms. The van der Waals surface area contributed by atoms with Gasteiger partial charge in [0, 0.05) is 20.1 Å². The van der Waals surface area contributed by atoms with Crippen molar-refractivity contribution in [2.24, 2.45) is 5.92 Å². The second kappa shape index (κ2) is 10.3. The lowest BCUT2D eigenvalue weighted by Crippen LogP contribution is -2.48. The van der Waals surface area contributed by atoms with E-state index in [2.05, 4.69) is 37.3 Å². The van der Waals surface area contributed by atoms with Gasteiger partial charge in [-0.2, -0.15) is 0 Å². The number of amides is 3. The van der Waals surface area contributed by atoms with Gasteiger partial charge in [-0.1, -0.05) is 37.9 Å². The summed E-state index contributed by atoms with van der Waals surface area (Å²) >= 11 is 6.88. The summed E-state index contributed by atoms with van der Waals surface area (Å²) < 4.78 is 12.6. The Bertz CT molecular complexity index is 1380. The van der Waals surface area contributed by atoms with Crippen molar-refractivity contribution in [2.75, 3.05) is 18.6 Å². The largest absolute Gasteiger partial charge is 0.496 e. The normalized spacial score (nSPS) is 20.8. The summed E-state index contributed by atoms with van der Waals surface area (Å²) in [5, 5.41) is 1.28. The lowest BCUT2D eigenvalue weighted by molar-refractivity contribution is -0.123. The van der Waals surface area contributed by atoms with Crippen LogP contribution in [0.25, 0.3) is 0 Å². The third-order valence-electron chi connectivity index (χ3n) is 6.46. The van der Waals surface area contributed by atoms with E-state index in [0.29, 0.717) is 34.9 Å². The molecule has 2 fully saturated rings. The molecular formula is C27H23Br2N3O5. The maximum atomic E-state index is 13.9. The number of hydrazine groups is 1. The van der Waals surface area contributed by atoms with Gasteiger partial charge in [-0.05, 0) is 67.6 Å². The number of anilines is 1. The molecule has 0 bridgehead atoms. The molecule has 3 aromatic rings. The van der Waals surface area contributed by atoms with Gasteiger partial charge in [0.1, 0.15) is 17.5 Å². The number of carbonyl (C=O) groups excluding carboxylic acids is 3. The molecule has 10 heteroatoms. The number of nitrogens with one attached hydrogen (secondary N) is 1. The molecule has 3 atom stereocenters. The van der Waals surface area contributed by atoms with Crippen LogP contribution in [0.15, 0.2) is 75.7 Å². The minimum Gasteiger partial charge on any atom is -0.496 e. The van der Waals surface area contributed by atoms with Crippen molar-refractivity contribution in [2.45, 2.75) is 19.0 Å². The third kappa shape index (κ3) is 4.54. The minimum absolute atomic E-state index is 0.377. The van der Waals surface area contributed by atoms with E-state index in [0.717, 1.165) is 13.8 Å². The average molecular weight is 629 g/mol. The molecule has 5 rings (SSSR count). The molecule has 2 aliphatic heterocycles. The van der Waals surface area contributed by atoms with E-state index in [4.69, 9.17) is 9.47 Å². The Hall–Kier alpha value is -3.21. The Morgan fingerprint density at radius 2 is 1.70 bits per heavy atom. The number of carbonyl (C=O) groups is 3. The van der Waals surface area contributed by atoms with E-state index < -0.39 is 35.7 Å². The quantitative estimate of drug-likeness (QED) is 0.392. The van der Waals surface area contributed by atoms with E-state index in [1.54, 1.807) is 48.5 Å². The van der Waals surface area contributed by atoms with Gasteiger partial charge < -0.3 is 9.47 Å². The van der Waals surface area contributed by atoms with Crippen LogP contribution in [0.3, 0.4) is 0 Å². The average Bonchev–Trinajstić information content (AvgIpc) is 3.41. The van der Waals surface area contributed by atoms with Crippen LogP contribution in [0.4, 0.5) is 5.69 Å². The zero-order valence-electron chi connectivity index (χ0n) is 20.0. The first kappa shape index (κ1) is 25.4. The zero-order valence-corrected chi connectivity index (χ0v) is 23.2. The topological polar surface area (TPSA) is 88.2 Å². The summed E-state index contributed by atoms with van der Waals surface area (Å²) in [4.78, 5) is 42.5. The Kier molecular flexibility index (Phi) is 7.06. The minimum atomic E-state index is -1.04.